The van der Waals surface area contributed by atoms with E-state index in [-0.39, 0.29) is 0 Å². The minimum absolute atomic E-state index is 0.556. The molecular formula is C5H8N2O. The number of aldehydes is 1. The van der Waals surface area contributed by atoms with Crippen molar-refractivity contribution in [3.63, 3.8) is 0 Å². The first kappa shape index (κ1) is 5.15. The third kappa shape index (κ3) is 0.665. The fourth-order valence-electron chi connectivity index (χ4n) is 0.539. The summed E-state index contributed by atoms with van der Waals surface area (Å²) in [5, 5.41) is 5.65. The molecule has 0 unspecified atom stereocenters. The molecule has 0 aromatic rings. The van der Waals surface area contributed by atoms with Gasteiger partial charge in [-0.15, -0.1) is 0 Å². The molecule has 0 atom stereocenters. The van der Waals surface area contributed by atoms with Crippen LogP contribution in [-0.4, -0.2) is 11.9 Å². The zero-order valence-electron chi connectivity index (χ0n) is 4.64. The highest BCUT2D eigenvalue weighted by atomic mass is 16.1. The SMILES string of the molecule is CC1(C=O)NC=CN1. The van der Waals surface area contributed by atoms with E-state index in [4.69, 9.17) is 0 Å². The highest BCUT2D eigenvalue weighted by Crippen LogP contribution is 1.97. The molecule has 44 valence electrons. The molecule has 0 amide bonds. The average Bonchev–Trinajstić information content (AvgIpc) is 2.17. The average molecular weight is 112 g/mol. The van der Waals surface area contributed by atoms with Crippen molar-refractivity contribution < 1.29 is 4.79 Å². The van der Waals surface area contributed by atoms with E-state index in [1.165, 1.54) is 0 Å². The van der Waals surface area contributed by atoms with Crippen LogP contribution in [0.15, 0.2) is 12.4 Å². The Morgan fingerprint density at radius 1 is 1.50 bits per heavy atom. The van der Waals surface area contributed by atoms with Crippen LogP contribution in [0.25, 0.3) is 0 Å². The lowest BCUT2D eigenvalue weighted by Gasteiger charge is -2.16. The molecule has 0 spiro atoms. The van der Waals surface area contributed by atoms with Crippen molar-refractivity contribution >= 4 is 6.29 Å². The highest BCUT2D eigenvalue weighted by molar-refractivity contribution is 5.64. The third-order valence-corrected chi connectivity index (χ3v) is 1.09. The first-order valence-corrected chi connectivity index (χ1v) is 2.44. The second kappa shape index (κ2) is 1.51. The van der Waals surface area contributed by atoms with Gasteiger partial charge in [0.1, 0.15) is 0 Å². The maximum Gasteiger partial charge on any atom is 0.165 e. The largest absolute Gasteiger partial charge is 0.362 e. The van der Waals surface area contributed by atoms with Crippen LogP contribution in [0.2, 0.25) is 0 Å². The van der Waals surface area contributed by atoms with Gasteiger partial charge in [0.2, 0.25) is 0 Å². The second-order valence-corrected chi connectivity index (χ2v) is 1.94. The van der Waals surface area contributed by atoms with Crippen LogP contribution in [0.5, 0.6) is 0 Å². The molecule has 0 aliphatic carbocycles. The Morgan fingerprint density at radius 3 is 2.25 bits per heavy atom. The number of hydrogen-bond donors (Lipinski definition) is 2. The Kier molecular flexibility index (Phi) is 0.970. The fraction of sp³-hybridized carbons (Fsp3) is 0.400. The quantitative estimate of drug-likeness (QED) is 0.452. The molecule has 0 aromatic heterocycles. The smallest absolute Gasteiger partial charge is 0.165 e. The summed E-state index contributed by atoms with van der Waals surface area (Å²) in [4.78, 5) is 10.2. The van der Waals surface area contributed by atoms with Gasteiger partial charge >= 0.3 is 0 Å². The standard InChI is InChI=1S/C5H8N2O/c1-5(4-8)6-2-3-7-5/h2-4,6-7H,1H3. The predicted molar refractivity (Wildman–Crippen MR) is 29.9 cm³/mol. The van der Waals surface area contributed by atoms with Gasteiger partial charge in [0, 0.05) is 12.4 Å². The van der Waals surface area contributed by atoms with Crippen LogP contribution in [0.1, 0.15) is 6.92 Å². The summed E-state index contributed by atoms with van der Waals surface area (Å²) in [7, 11) is 0. The van der Waals surface area contributed by atoms with Crippen LogP contribution in [0, 0.1) is 0 Å². The predicted octanol–water partition coefficient (Wildman–Crippen LogP) is -0.435. The molecule has 1 heterocycles. The number of carbonyl (C=O) groups excluding carboxylic acids is 1. The van der Waals surface area contributed by atoms with Gasteiger partial charge < -0.3 is 10.6 Å². The van der Waals surface area contributed by atoms with E-state index in [0.29, 0.717) is 0 Å². The molecular weight excluding hydrogens is 104 g/mol. The van der Waals surface area contributed by atoms with Crippen molar-refractivity contribution in [1.29, 1.82) is 0 Å². The summed E-state index contributed by atoms with van der Waals surface area (Å²) < 4.78 is 0. The summed E-state index contributed by atoms with van der Waals surface area (Å²) in [5.74, 6) is 0. The maximum absolute atomic E-state index is 10.2. The summed E-state index contributed by atoms with van der Waals surface area (Å²) in [6.45, 7) is 1.76. The Balaban J connectivity index is 2.58. The summed E-state index contributed by atoms with van der Waals surface area (Å²) in [5.41, 5.74) is -0.556. The normalized spacial score (nSPS) is 21.6. The van der Waals surface area contributed by atoms with Crippen molar-refractivity contribution in [1.82, 2.24) is 10.6 Å². The van der Waals surface area contributed by atoms with Gasteiger partial charge in [-0.1, -0.05) is 0 Å². The van der Waals surface area contributed by atoms with E-state index < -0.39 is 5.66 Å². The van der Waals surface area contributed by atoms with Gasteiger partial charge in [0.25, 0.3) is 0 Å². The molecule has 0 saturated carbocycles. The van der Waals surface area contributed by atoms with Gasteiger partial charge in [-0.05, 0) is 6.92 Å². The van der Waals surface area contributed by atoms with Crippen molar-refractivity contribution in [2.75, 3.05) is 0 Å². The van der Waals surface area contributed by atoms with E-state index >= 15 is 0 Å². The molecule has 3 nitrogen and oxygen atoms in total. The molecule has 1 rings (SSSR count). The number of carbonyl (C=O) groups is 1. The number of nitrogens with one attached hydrogen (secondary N) is 2. The van der Waals surface area contributed by atoms with Gasteiger partial charge in [0.15, 0.2) is 11.9 Å². The van der Waals surface area contributed by atoms with Gasteiger partial charge in [-0.3, -0.25) is 4.79 Å². The fourth-order valence-corrected chi connectivity index (χ4v) is 0.539. The lowest BCUT2D eigenvalue weighted by atomic mass is 10.3. The lowest BCUT2D eigenvalue weighted by Crippen LogP contribution is -2.47. The first-order chi connectivity index (χ1) is 3.77. The van der Waals surface area contributed by atoms with Crippen molar-refractivity contribution in [2.24, 2.45) is 0 Å². The Hall–Kier alpha value is -0.990. The minimum atomic E-state index is -0.556. The summed E-state index contributed by atoms with van der Waals surface area (Å²) in [6.07, 6.45) is 4.23. The van der Waals surface area contributed by atoms with Crippen LogP contribution in [0.3, 0.4) is 0 Å². The zero-order chi connectivity index (χ0) is 6.04. The molecule has 3 heteroatoms. The molecule has 1 aliphatic rings. The molecule has 0 saturated heterocycles. The molecule has 0 fully saturated rings. The maximum atomic E-state index is 10.2. The Labute approximate surface area is 47.8 Å². The van der Waals surface area contributed by atoms with E-state index in [0.717, 1.165) is 6.29 Å². The molecule has 2 N–H and O–H groups in total. The summed E-state index contributed by atoms with van der Waals surface area (Å²) in [6, 6.07) is 0. The Morgan fingerprint density at radius 2 is 2.00 bits per heavy atom. The van der Waals surface area contributed by atoms with Gasteiger partial charge in [-0.2, -0.15) is 0 Å². The van der Waals surface area contributed by atoms with Crippen LogP contribution < -0.4 is 10.6 Å². The van der Waals surface area contributed by atoms with Crippen LogP contribution >= 0.6 is 0 Å². The second-order valence-electron chi connectivity index (χ2n) is 1.94. The Bertz CT molecular complexity index is 122. The van der Waals surface area contributed by atoms with E-state index in [9.17, 15) is 4.79 Å². The topological polar surface area (TPSA) is 41.1 Å². The van der Waals surface area contributed by atoms with Crippen molar-refractivity contribution in [2.45, 2.75) is 12.6 Å². The lowest BCUT2D eigenvalue weighted by molar-refractivity contribution is -0.112. The first-order valence-electron chi connectivity index (χ1n) is 2.44. The molecule has 8 heavy (non-hydrogen) atoms. The highest BCUT2D eigenvalue weighted by Gasteiger charge is 2.21. The third-order valence-electron chi connectivity index (χ3n) is 1.09. The van der Waals surface area contributed by atoms with Crippen molar-refractivity contribution in [3.8, 4) is 0 Å². The van der Waals surface area contributed by atoms with E-state index in [1.54, 1.807) is 19.3 Å². The van der Waals surface area contributed by atoms with Crippen LogP contribution in [0.4, 0.5) is 0 Å². The van der Waals surface area contributed by atoms with E-state index in [1.807, 2.05) is 0 Å². The molecule has 1 aliphatic heterocycles. The molecule has 0 aromatic carbocycles. The number of hydrogen-bond acceptors (Lipinski definition) is 3. The molecule has 0 bridgehead atoms. The van der Waals surface area contributed by atoms with Crippen LogP contribution in [-0.2, 0) is 4.79 Å². The van der Waals surface area contributed by atoms with E-state index in [2.05, 4.69) is 10.6 Å². The summed E-state index contributed by atoms with van der Waals surface area (Å²) >= 11 is 0. The minimum Gasteiger partial charge on any atom is -0.362 e. The zero-order valence-corrected chi connectivity index (χ0v) is 4.64. The van der Waals surface area contributed by atoms with Gasteiger partial charge in [0.05, 0.1) is 0 Å². The van der Waals surface area contributed by atoms with Gasteiger partial charge in [-0.25, -0.2) is 0 Å². The molecule has 0 radical (unpaired) electrons. The number of rotatable bonds is 1. The van der Waals surface area contributed by atoms with Crippen molar-refractivity contribution in [3.05, 3.63) is 12.4 Å². The monoisotopic (exact) mass is 112 g/mol.